The summed E-state index contributed by atoms with van der Waals surface area (Å²) in [4.78, 5) is 22.1. The van der Waals surface area contributed by atoms with Crippen LogP contribution in [-0.2, 0) is 9.59 Å². The smallest absolute Gasteiger partial charge is 0.303 e. The lowest BCUT2D eigenvalue weighted by molar-refractivity contribution is -0.136. The van der Waals surface area contributed by atoms with Crippen LogP contribution in [0.25, 0.3) is 0 Å². The van der Waals surface area contributed by atoms with E-state index in [2.05, 4.69) is 6.92 Å². The van der Waals surface area contributed by atoms with Crippen molar-refractivity contribution in [3.05, 3.63) is 60.8 Å². The molecule has 0 aromatic heterocycles. The van der Waals surface area contributed by atoms with Gasteiger partial charge in [-0.3, -0.25) is 9.59 Å². The molecule has 142 valence electrons. The largest absolute Gasteiger partial charge is 0.481 e. The zero-order valence-electron chi connectivity index (χ0n) is 15.5. The third-order valence-corrected chi connectivity index (χ3v) is 4.26. The van der Waals surface area contributed by atoms with E-state index in [1.807, 2.05) is 48.6 Å². The van der Waals surface area contributed by atoms with Gasteiger partial charge >= 0.3 is 5.97 Å². The molecule has 0 spiro atoms. The molecule has 0 aliphatic heterocycles. The maximum atomic E-state index is 11.8. The van der Waals surface area contributed by atoms with Gasteiger partial charge in [0.15, 0.2) is 5.78 Å². The van der Waals surface area contributed by atoms with Crippen LogP contribution in [0.3, 0.4) is 0 Å². The average Bonchev–Trinajstić information content (AvgIpc) is 2.97. The lowest BCUT2D eigenvalue weighted by atomic mass is 9.92. The minimum atomic E-state index is -0.774. The Morgan fingerprint density at radius 1 is 1.15 bits per heavy atom. The number of hydrogen-bond donors (Lipinski definition) is 2. The maximum absolute atomic E-state index is 11.8. The highest BCUT2D eigenvalue weighted by Gasteiger charge is 2.26. The first-order chi connectivity index (χ1) is 12.5. The fourth-order valence-corrected chi connectivity index (χ4v) is 2.72. The van der Waals surface area contributed by atoms with Crippen molar-refractivity contribution in [3.8, 4) is 0 Å². The molecule has 0 aromatic rings. The highest BCUT2D eigenvalue weighted by atomic mass is 16.4. The highest BCUT2D eigenvalue weighted by Crippen LogP contribution is 2.26. The number of hydrogen-bond acceptors (Lipinski definition) is 3. The number of rotatable bonds is 12. The number of aliphatic hydroxyl groups is 1. The van der Waals surface area contributed by atoms with E-state index in [1.54, 1.807) is 12.2 Å². The fourth-order valence-electron chi connectivity index (χ4n) is 2.72. The van der Waals surface area contributed by atoms with Gasteiger partial charge in [0.05, 0.1) is 6.10 Å². The number of aliphatic hydroxyl groups excluding tert-OH is 1. The van der Waals surface area contributed by atoms with Gasteiger partial charge in [-0.2, -0.15) is 0 Å². The standard InChI is InChI=1S/C22H30O4/c1-2-18-14-17-21(24)20(18)16-15-19(23)12-10-8-6-4-3-5-7-9-11-13-22(25)26/h3-4,7-10,14-20,23H,2,5-6,11-13H2,1H3,(H,25,26)/b4-3-,9-7-,10-8-,16-15+/t18-,19-,20+/m0/s1. The summed E-state index contributed by atoms with van der Waals surface area (Å²) >= 11 is 0. The van der Waals surface area contributed by atoms with Crippen molar-refractivity contribution < 1.29 is 19.8 Å². The third-order valence-electron chi connectivity index (χ3n) is 4.26. The lowest BCUT2D eigenvalue weighted by Gasteiger charge is -2.12. The first-order valence-electron chi connectivity index (χ1n) is 9.29. The van der Waals surface area contributed by atoms with Crippen LogP contribution >= 0.6 is 0 Å². The van der Waals surface area contributed by atoms with Gasteiger partial charge in [0, 0.05) is 12.3 Å². The first-order valence-corrected chi connectivity index (χ1v) is 9.29. The Bertz CT molecular complexity index is 581. The molecule has 0 bridgehead atoms. The van der Waals surface area contributed by atoms with Crippen molar-refractivity contribution in [2.45, 2.75) is 51.6 Å². The van der Waals surface area contributed by atoms with Crippen LogP contribution in [0.15, 0.2) is 60.8 Å². The highest BCUT2D eigenvalue weighted by molar-refractivity contribution is 5.95. The minimum Gasteiger partial charge on any atom is -0.481 e. The number of carbonyl (C=O) groups is 2. The molecular formula is C22H30O4. The van der Waals surface area contributed by atoms with Crippen molar-refractivity contribution in [3.63, 3.8) is 0 Å². The van der Waals surface area contributed by atoms with Crippen LogP contribution in [-0.4, -0.2) is 28.1 Å². The van der Waals surface area contributed by atoms with Crippen LogP contribution in [0.4, 0.5) is 0 Å². The molecule has 1 rings (SSSR count). The van der Waals surface area contributed by atoms with E-state index in [9.17, 15) is 14.7 Å². The van der Waals surface area contributed by atoms with Crippen molar-refractivity contribution in [2.75, 3.05) is 0 Å². The molecule has 26 heavy (non-hydrogen) atoms. The van der Waals surface area contributed by atoms with Gasteiger partial charge in [-0.25, -0.2) is 0 Å². The summed E-state index contributed by atoms with van der Waals surface area (Å²) in [5, 5.41) is 18.5. The maximum Gasteiger partial charge on any atom is 0.303 e. The van der Waals surface area contributed by atoms with E-state index in [0.29, 0.717) is 12.8 Å². The molecule has 1 aliphatic rings. The second kappa shape index (κ2) is 13.1. The molecule has 2 N–H and O–H groups in total. The van der Waals surface area contributed by atoms with Crippen LogP contribution in [0.1, 0.15) is 45.4 Å². The summed E-state index contributed by atoms with van der Waals surface area (Å²) in [7, 11) is 0. The van der Waals surface area contributed by atoms with Crippen molar-refractivity contribution in [2.24, 2.45) is 11.8 Å². The molecule has 3 atom stereocenters. The van der Waals surface area contributed by atoms with Crippen LogP contribution < -0.4 is 0 Å². The molecular weight excluding hydrogens is 328 g/mol. The summed E-state index contributed by atoms with van der Waals surface area (Å²) < 4.78 is 0. The SMILES string of the molecule is CC[C@H]1C=CC(=O)[C@@H]1/C=C/[C@@H](O)C/C=C\C/C=C\C/C=C\CCC(=O)O. The molecule has 0 saturated heterocycles. The summed E-state index contributed by atoms with van der Waals surface area (Å²) in [6.07, 6.45) is 22.2. The van der Waals surface area contributed by atoms with Gasteiger partial charge in [0.1, 0.15) is 0 Å². The molecule has 0 saturated carbocycles. The summed E-state index contributed by atoms with van der Waals surface area (Å²) in [6, 6.07) is 0. The molecule has 4 heteroatoms. The second-order valence-corrected chi connectivity index (χ2v) is 6.37. The number of aliphatic carboxylic acids is 1. The molecule has 0 amide bonds. The quantitative estimate of drug-likeness (QED) is 0.507. The van der Waals surface area contributed by atoms with Crippen molar-refractivity contribution in [1.29, 1.82) is 0 Å². The fraction of sp³-hybridized carbons (Fsp3) is 0.455. The Balaban J connectivity index is 2.17. The normalized spacial score (nSPS) is 21.8. The zero-order chi connectivity index (χ0) is 19.2. The van der Waals surface area contributed by atoms with E-state index in [1.165, 1.54) is 0 Å². The number of carboxylic acid groups (broad SMARTS) is 1. The van der Waals surface area contributed by atoms with E-state index in [-0.39, 0.29) is 24.0 Å². The van der Waals surface area contributed by atoms with Gasteiger partial charge in [-0.1, -0.05) is 61.6 Å². The topological polar surface area (TPSA) is 74.6 Å². The number of ketones is 1. The number of carbonyl (C=O) groups excluding carboxylic acids is 1. The molecule has 0 aromatic carbocycles. The van der Waals surface area contributed by atoms with Gasteiger partial charge in [0.2, 0.25) is 0 Å². The predicted molar refractivity (Wildman–Crippen MR) is 105 cm³/mol. The Morgan fingerprint density at radius 3 is 2.46 bits per heavy atom. The van der Waals surface area contributed by atoms with E-state index in [0.717, 1.165) is 19.3 Å². The molecule has 0 fully saturated rings. The van der Waals surface area contributed by atoms with Crippen LogP contribution in [0.2, 0.25) is 0 Å². The van der Waals surface area contributed by atoms with E-state index in [4.69, 9.17) is 5.11 Å². The second-order valence-electron chi connectivity index (χ2n) is 6.37. The summed E-state index contributed by atoms with van der Waals surface area (Å²) in [6.45, 7) is 2.06. The van der Waals surface area contributed by atoms with Gasteiger partial charge in [-0.15, -0.1) is 0 Å². The Morgan fingerprint density at radius 2 is 1.81 bits per heavy atom. The Kier molecular flexibility index (Phi) is 11.0. The monoisotopic (exact) mass is 358 g/mol. The van der Waals surface area contributed by atoms with Crippen molar-refractivity contribution >= 4 is 11.8 Å². The lowest BCUT2D eigenvalue weighted by Crippen LogP contribution is -2.13. The average molecular weight is 358 g/mol. The van der Waals surface area contributed by atoms with Crippen LogP contribution in [0, 0.1) is 11.8 Å². The summed E-state index contributed by atoms with van der Waals surface area (Å²) in [5.41, 5.74) is 0. The Labute approximate surface area is 156 Å². The number of allylic oxidation sites excluding steroid dienone is 8. The molecule has 0 unspecified atom stereocenters. The third kappa shape index (κ3) is 9.33. The Hall–Kier alpha value is -2.20. The van der Waals surface area contributed by atoms with E-state index >= 15 is 0 Å². The van der Waals surface area contributed by atoms with Gasteiger partial charge in [-0.05, 0) is 44.1 Å². The minimum absolute atomic E-state index is 0.120. The van der Waals surface area contributed by atoms with E-state index < -0.39 is 12.1 Å². The van der Waals surface area contributed by atoms with Gasteiger partial charge in [0.25, 0.3) is 0 Å². The molecule has 1 aliphatic carbocycles. The molecule has 0 heterocycles. The van der Waals surface area contributed by atoms with Crippen molar-refractivity contribution in [1.82, 2.24) is 0 Å². The number of carboxylic acids is 1. The van der Waals surface area contributed by atoms with Crippen LogP contribution in [0.5, 0.6) is 0 Å². The first kappa shape index (κ1) is 21.8. The summed E-state index contributed by atoms with van der Waals surface area (Å²) in [5.74, 6) is -0.517. The molecule has 0 radical (unpaired) electrons. The predicted octanol–water partition coefficient (Wildman–Crippen LogP) is 4.39. The van der Waals surface area contributed by atoms with Gasteiger partial charge < -0.3 is 10.2 Å². The molecule has 4 nitrogen and oxygen atoms in total. The zero-order valence-corrected chi connectivity index (χ0v) is 15.5.